The van der Waals surface area contributed by atoms with Gasteiger partial charge in [0.1, 0.15) is 0 Å². The number of nitrogens with zero attached hydrogens (tertiary/aromatic N) is 5. The second-order valence-corrected chi connectivity index (χ2v) is 13.9. The standard InChI is InChI=1S/C46H27N5S/c47-28-29-12-11-17-32(24-29)36-25-33(46-49-44(30-13-3-1-4-14-30)48-45(50-46)31-15-5-2-6-16-31)22-23-40(36)51-39-20-9-7-18-34(39)37-27-43-38(26-41(37)51)35-19-8-10-21-42(35)52-43/h1-27H. The summed E-state index contributed by atoms with van der Waals surface area (Å²) < 4.78 is 4.92. The Bertz CT molecular complexity index is 2970. The Balaban J connectivity index is 1.26. The molecule has 0 radical (unpaired) electrons. The molecule has 0 aliphatic rings. The number of para-hydroxylation sites is 1. The Kier molecular flexibility index (Phi) is 6.98. The summed E-state index contributed by atoms with van der Waals surface area (Å²) in [7, 11) is 0. The van der Waals surface area contributed by atoms with Crippen LogP contribution in [-0.2, 0) is 0 Å². The second-order valence-electron chi connectivity index (χ2n) is 12.8. The Morgan fingerprint density at radius 3 is 1.81 bits per heavy atom. The van der Waals surface area contributed by atoms with Gasteiger partial charge in [0, 0.05) is 53.2 Å². The highest BCUT2D eigenvalue weighted by Gasteiger charge is 2.20. The fourth-order valence-corrected chi connectivity index (χ4v) is 8.37. The van der Waals surface area contributed by atoms with Crippen LogP contribution in [0.5, 0.6) is 0 Å². The smallest absolute Gasteiger partial charge is 0.164 e. The predicted octanol–water partition coefficient (Wildman–Crippen LogP) is 11.9. The molecular formula is C46H27N5S. The summed E-state index contributed by atoms with van der Waals surface area (Å²) in [6, 6.07) is 58.5. The van der Waals surface area contributed by atoms with Crippen molar-refractivity contribution >= 4 is 53.3 Å². The number of hydrogen-bond donors (Lipinski definition) is 0. The van der Waals surface area contributed by atoms with Crippen LogP contribution in [0.2, 0.25) is 0 Å². The summed E-state index contributed by atoms with van der Waals surface area (Å²) in [5.41, 5.74) is 8.43. The first-order valence-corrected chi connectivity index (χ1v) is 17.9. The second kappa shape index (κ2) is 12.1. The molecule has 5 nitrogen and oxygen atoms in total. The molecule has 0 aliphatic carbocycles. The topological polar surface area (TPSA) is 67.4 Å². The third-order valence-electron chi connectivity index (χ3n) is 9.67. The van der Waals surface area contributed by atoms with Gasteiger partial charge in [-0.3, -0.25) is 0 Å². The van der Waals surface area contributed by atoms with Crippen LogP contribution >= 0.6 is 11.3 Å². The van der Waals surface area contributed by atoms with Gasteiger partial charge in [-0.25, -0.2) is 15.0 Å². The first-order valence-electron chi connectivity index (χ1n) is 17.1. The molecule has 0 bridgehead atoms. The minimum absolute atomic E-state index is 0.575. The first-order chi connectivity index (χ1) is 25.7. The zero-order valence-electron chi connectivity index (χ0n) is 27.7. The Morgan fingerprint density at radius 2 is 1.08 bits per heavy atom. The molecule has 6 heteroatoms. The molecule has 3 heterocycles. The van der Waals surface area contributed by atoms with Gasteiger partial charge in [0.15, 0.2) is 17.5 Å². The van der Waals surface area contributed by atoms with Crippen molar-refractivity contribution in [3.63, 3.8) is 0 Å². The summed E-state index contributed by atoms with van der Waals surface area (Å²) in [5.74, 6) is 1.79. The minimum atomic E-state index is 0.575. The zero-order valence-corrected chi connectivity index (χ0v) is 28.5. The highest BCUT2D eigenvalue weighted by atomic mass is 32.1. The Labute approximate surface area is 303 Å². The van der Waals surface area contributed by atoms with Crippen molar-refractivity contribution in [3.05, 3.63) is 169 Å². The summed E-state index contributed by atoms with van der Waals surface area (Å²) in [6.07, 6.45) is 0. The van der Waals surface area contributed by atoms with Gasteiger partial charge in [-0.1, -0.05) is 109 Å². The first kappa shape index (κ1) is 29.9. The number of benzene rings is 7. The molecule has 7 aromatic carbocycles. The van der Waals surface area contributed by atoms with E-state index in [-0.39, 0.29) is 0 Å². The molecule has 242 valence electrons. The maximum Gasteiger partial charge on any atom is 0.164 e. The lowest BCUT2D eigenvalue weighted by Crippen LogP contribution is -2.02. The minimum Gasteiger partial charge on any atom is -0.309 e. The molecule has 0 N–H and O–H groups in total. The zero-order chi connectivity index (χ0) is 34.6. The van der Waals surface area contributed by atoms with Crippen LogP contribution in [0.4, 0.5) is 0 Å². The van der Waals surface area contributed by atoms with E-state index in [4.69, 9.17) is 15.0 Å². The summed E-state index contributed by atoms with van der Waals surface area (Å²) >= 11 is 1.83. The molecule has 3 aromatic heterocycles. The lowest BCUT2D eigenvalue weighted by atomic mass is 9.98. The van der Waals surface area contributed by atoms with Gasteiger partial charge in [-0.15, -0.1) is 11.3 Å². The van der Waals surface area contributed by atoms with Crippen molar-refractivity contribution in [2.75, 3.05) is 0 Å². The van der Waals surface area contributed by atoms with E-state index in [1.54, 1.807) is 0 Å². The molecule has 0 spiro atoms. The Morgan fingerprint density at radius 1 is 0.442 bits per heavy atom. The van der Waals surface area contributed by atoms with Crippen LogP contribution in [-0.4, -0.2) is 19.5 Å². The third kappa shape index (κ3) is 4.95. The number of aromatic nitrogens is 4. The van der Waals surface area contributed by atoms with Gasteiger partial charge in [-0.2, -0.15) is 5.26 Å². The average molecular weight is 682 g/mol. The normalized spacial score (nSPS) is 11.4. The quantitative estimate of drug-likeness (QED) is 0.181. The number of thiophene rings is 1. The summed E-state index contributed by atoms with van der Waals surface area (Å²) in [4.78, 5) is 15.0. The van der Waals surface area contributed by atoms with Crippen molar-refractivity contribution in [2.45, 2.75) is 0 Å². The maximum absolute atomic E-state index is 9.94. The van der Waals surface area contributed by atoms with Crippen LogP contribution in [0.25, 0.3) is 93.0 Å². The van der Waals surface area contributed by atoms with E-state index in [2.05, 4.69) is 95.6 Å². The molecule has 0 atom stereocenters. The predicted molar refractivity (Wildman–Crippen MR) is 214 cm³/mol. The van der Waals surface area contributed by atoms with Gasteiger partial charge in [0.25, 0.3) is 0 Å². The van der Waals surface area contributed by atoms with Gasteiger partial charge < -0.3 is 4.57 Å². The fourth-order valence-electron chi connectivity index (χ4n) is 7.24. The lowest BCUT2D eigenvalue weighted by molar-refractivity contribution is 1.07. The molecule has 0 saturated heterocycles. The SMILES string of the molecule is N#Cc1cccc(-c2cc(-c3nc(-c4ccccc4)nc(-c4ccccc4)n3)ccc2-n2c3ccccc3c3cc4sc5ccccc5c4cc32)c1. The van der Waals surface area contributed by atoms with E-state index < -0.39 is 0 Å². The lowest BCUT2D eigenvalue weighted by Gasteiger charge is -2.16. The van der Waals surface area contributed by atoms with E-state index in [0.717, 1.165) is 44.5 Å². The van der Waals surface area contributed by atoms with E-state index in [1.165, 1.54) is 30.9 Å². The molecule has 0 fully saturated rings. The molecule has 10 aromatic rings. The third-order valence-corrected chi connectivity index (χ3v) is 10.8. The highest BCUT2D eigenvalue weighted by Crippen LogP contribution is 2.42. The van der Waals surface area contributed by atoms with Gasteiger partial charge >= 0.3 is 0 Å². The number of fused-ring (bicyclic) bond motifs is 6. The van der Waals surface area contributed by atoms with Crippen molar-refractivity contribution in [2.24, 2.45) is 0 Å². The van der Waals surface area contributed by atoms with Crippen molar-refractivity contribution in [3.8, 4) is 57.0 Å². The maximum atomic E-state index is 9.94. The van der Waals surface area contributed by atoms with Gasteiger partial charge in [0.05, 0.1) is 28.4 Å². The summed E-state index contributed by atoms with van der Waals surface area (Å²) in [5, 5.41) is 14.8. The molecule has 0 aliphatic heterocycles. The molecule has 10 rings (SSSR count). The van der Waals surface area contributed by atoms with Gasteiger partial charge in [-0.05, 0) is 60.2 Å². The molecule has 0 amide bonds. The van der Waals surface area contributed by atoms with Crippen LogP contribution in [0.3, 0.4) is 0 Å². The fraction of sp³-hybridized carbons (Fsp3) is 0. The van der Waals surface area contributed by atoms with E-state index in [0.29, 0.717) is 23.0 Å². The monoisotopic (exact) mass is 681 g/mol. The molecular weight excluding hydrogens is 655 g/mol. The van der Waals surface area contributed by atoms with Crippen molar-refractivity contribution in [1.82, 2.24) is 19.5 Å². The Hall–Kier alpha value is -6.94. The highest BCUT2D eigenvalue weighted by molar-refractivity contribution is 7.25. The van der Waals surface area contributed by atoms with Crippen LogP contribution in [0.1, 0.15) is 5.56 Å². The van der Waals surface area contributed by atoms with Crippen LogP contribution in [0.15, 0.2) is 164 Å². The molecule has 0 unspecified atom stereocenters. The van der Waals surface area contributed by atoms with Crippen molar-refractivity contribution in [1.29, 1.82) is 5.26 Å². The number of rotatable bonds is 5. The largest absolute Gasteiger partial charge is 0.309 e. The van der Waals surface area contributed by atoms with E-state index >= 15 is 0 Å². The summed E-state index contributed by atoms with van der Waals surface area (Å²) in [6.45, 7) is 0. The van der Waals surface area contributed by atoms with Crippen LogP contribution < -0.4 is 0 Å². The van der Waals surface area contributed by atoms with E-state index in [9.17, 15) is 5.26 Å². The van der Waals surface area contributed by atoms with E-state index in [1.807, 2.05) is 90.2 Å². The number of hydrogen-bond acceptors (Lipinski definition) is 5. The van der Waals surface area contributed by atoms with Gasteiger partial charge in [0.2, 0.25) is 0 Å². The molecule has 0 saturated carbocycles. The average Bonchev–Trinajstić information content (AvgIpc) is 3.75. The number of nitriles is 1. The molecule has 52 heavy (non-hydrogen) atoms. The van der Waals surface area contributed by atoms with Crippen LogP contribution in [0, 0.1) is 11.3 Å². The van der Waals surface area contributed by atoms with Crippen molar-refractivity contribution < 1.29 is 0 Å².